The Morgan fingerprint density at radius 2 is 1.96 bits per heavy atom. The van der Waals surface area contributed by atoms with E-state index in [1.807, 2.05) is 6.07 Å². The smallest absolute Gasteiger partial charge is 0.387 e. The van der Waals surface area contributed by atoms with Gasteiger partial charge in [-0.1, -0.05) is 13.8 Å². The van der Waals surface area contributed by atoms with E-state index in [1.54, 1.807) is 27.7 Å². The molecule has 1 atom stereocenters. The molecule has 0 saturated heterocycles. The van der Waals surface area contributed by atoms with Gasteiger partial charge in [0, 0.05) is 0 Å². The molecule has 27 heavy (non-hydrogen) atoms. The maximum atomic E-state index is 12.4. The summed E-state index contributed by atoms with van der Waals surface area (Å²) in [7, 11) is 0. The van der Waals surface area contributed by atoms with Gasteiger partial charge in [-0.25, -0.2) is 4.79 Å². The van der Waals surface area contributed by atoms with Crippen molar-refractivity contribution in [2.75, 3.05) is 13.2 Å². The molecule has 1 aromatic rings. The first-order valence-electron chi connectivity index (χ1n) is 8.24. The number of alkyl halides is 2. The molecule has 0 saturated carbocycles. The van der Waals surface area contributed by atoms with Crippen molar-refractivity contribution in [3.63, 3.8) is 0 Å². The molecule has 9 heteroatoms. The number of nitriles is 1. The minimum atomic E-state index is -3.04. The maximum Gasteiger partial charge on any atom is 0.387 e. The van der Waals surface area contributed by atoms with Crippen molar-refractivity contribution in [3.05, 3.63) is 23.8 Å². The van der Waals surface area contributed by atoms with Crippen molar-refractivity contribution in [1.29, 1.82) is 5.26 Å². The van der Waals surface area contributed by atoms with Gasteiger partial charge in [0.25, 0.3) is 5.91 Å². The van der Waals surface area contributed by atoms with Crippen LogP contribution in [0.5, 0.6) is 11.5 Å². The molecule has 1 aromatic carbocycles. The van der Waals surface area contributed by atoms with E-state index in [0.29, 0.717) is 0 Å². The van der Waals surface area contributed by atoms with E-state index in [4.69, 9.17) is 9.47 Å². The number of halogens is 2. The molecule has 0 heterocycles. The zero-order valence-electron chi connectivity index (χ0n) is 15.5. The molecular weight excluding hydrogens is 362 g/mol. The number of amides is 1. The second-order valence-electron chi connectivity index (χ2n) is 6.07. The third-order valence-corrected chi connectivity index (χ3v) is 3.82. The lowest BCUT2D eigenvalue weighted by molar-refractivity contribution is -0.125. The quantitative estimate of drug-likeness (QED) is 0.658. The van der Waals surface area contributed by atoms with Gasteiger partial charge >= 0.3 is 12.6 Å². The molecule has 0 radical (unpaired) electrons. The van der Waals surface area contributed by atoms with Gasteiger partial charge in [0.15, 0.2) is 18.1 Å². The number of carbonyl (C=O) groups is 2. The fourth-order valence-electron chi connectivity index (χ4n) is 1.94. The molecule has 0 spiro atoms. The van der Waals surface area contributed by atoms with Crippen LogP contribution in [0.15, 0.2) is 18.2 Å². The number of hydrogen-bond acceptors (Lipinski definition) is 6. The molecule has 1 N–H and O–H groups in total. The fourth-order valence-corrected chi connectivity index (χ4v) is 1.94. The molecule has 7 nitrogen and oxygen atoms in total. The second-order valence-corrected chi connectivity index (χ2v) is 6.07. The Kier molecular flexibility index (Phi) is 7.97. The van der Waals surface area contributed by atoms with Crippen LogP contribution in [0.1, 0.15) is 38.1 Å². The van der Waals surface area contributed by atoms with E-state index in [1.165, 1.54) is 12.1 Å². The lowest BCUT2D eigenvalue weighted by Crippen LogP contribution is -2.50. The van der Waals surface area contributed by atoms with Crippen LogP contribution in [0.25, 0.3) is 0 Å². The Hall–Kier alpha value is -2.89. The van der Waals surface area contributed by atoms with Crippen LogP contribution in [0.4, 0.5) is 8.78 Å². The molecule has 0 aliphatic heterocycles. The third kappa shape index (κ3) is 6.40. The van der Waals surface area contributed by atoms with Crippen molar-refractivity contribution in [1.82, 2.24) is 5.32 Å². The number of carbonyl (C=O) groups excluding carboxylic acids is 2. The van der Waals surface area contributed by atoms with Gasteiger partial charge < -0.3 is 19.5 Å². The number of rotatable bonds is 9. The van der Waals surface area contributed by atoms with Gasteiger partial charge in [-0.3, -0.25) is 4.79 Å². The largest absolute Gasteiger partial charge is 0.490 e. The fraction of sp³-hybridized carbons (Fsp3) is 0.500. The molecule has 1 rings (SSSR count). The zero-order valence-corrected chi connectivity index (χ0v) is 15.5. The van der Waals surface area contributed by atoms with Crippen LogP contribution >= 0.6 is 0 Å². The van der Waals surface area contributed by atoms with E-state index in [9.17, 15) is 23.6 Å². The highest BCUT2D eigenvalue weighted by molar-refractivity contribution is 5.92. The van der Waals surface area contributed by atoms with E-state index < -0.39 is 30.6 Å². The average Bonchev–Trinajstić information content (AvgIpc) is 2.60. The maximum absolute atomic E-state index is 12.4. The van der Waals surface area contributed by atoms with Gasteiger partial charge in [0.2, 0.25) is 0 Å². The third-order valence-electron chi connectivity index (χ3n) is 3.82. The van der Waals surface area contributed by atoms with Gasteiger partial charge in [-0.05, 0) is 38.0 Å². The Morgan fingerprint density at radius 1 is 1.30 bits per heavy atom. The Bertz CT molecular complexity index is 718. The molecule has 0 unspecified atom stereocenters. The van der Waals surface area contributed by atoms with Crippen LogP contribution in [0, 0.1) is 17.2 Å². The van der Waals surface area contributed by atoms with Crippen LogP contribution < -0.4 is 14.8 Å². The molecule has 0 bridgehead atoms. The van der Waals surface area contributed by atoms with Gasteiger partial charge in [-0.2, -0.15) is 14.0 Å². The number of nitrogens with zero attached hydrogens (tertiary/aromatic N) is 1. The monoisotopic (exact) mass is 384 g/mol. The normalized spacial score (nSPS) is 12.9. The number of benzene rings is 1. The van der Waals surface area contributed by atoms with Gasteiger partial charge in [0.05, 0.1) is 18.2 Å². The number of hydrogen-bond donors (Lipinski definition) is 1. The Morgan fingerprint density at radius 3 is 2.48 bits per heavy atom. The highest BCUT2D eigenvalue weighted by Gasteiger charge is 2.30. The SMILES string of the molecule is CCOc1cc(C(=O)OCC(=O)N[C@@](C)(C#N)C(C)C)ccc1OC(F)F. The second kappa shape index (κ2) is 9.71. The zero-order chi connectivity index (χ0) is 20.6. The first kappa shape index (κ1) is 22.2. The summed E-state index contributed by atoms with van der Waals surface area (Å²) in [6.45, 7) is 3.28. The minimum absolute atomic E-state index is 0.000212. The molecule has 148 valence electrons. The van der Waals surface area contributed by atoms with Crippen LogP contribution in [0.3, 0.4) is 0 Å². The van der Waals surface area contributed by atoms with Crippen molar-refractivity contribution in [3.8, 4) is 17.6 Å². The summed E-state index contributed by atoms with van der Waals surface area (Å²) in [6, 6.07) is 5.57. The van der Waals surface area contributed by atoms with Crippen LogP contribution in [0.2, 0.25) is 0 Å². The number of nitrogens with one attached hydrogen (secondary N) is 1. The molecular formula is C18H22F2N2O5. The topological polar surface area (TPSA) is 97.6 Å². The summed E-state index contributed by atoms with van der Waals surface area (Å²) < 4.78 is 39.2. The summed E-state index contributed by atoms with van der Waals surface area (Å²) in [4.78, 5) is 24.0. The van der Waals surface area contributed by atoms with Crippen molar-refractivity contribution in [2.45, 2.75) is 39.8 Å². The number of esters is 1. The van der Waals surface area contributed by atoms with Crippen LogP contribution in [-0.2, 0) is 9.53 Å². The van der Waals surface area contributed by atoms with Gasteiger partial charge in [-0.15, -0.1) is 0 Å². The Balaban J connectivity index is 2.78. The van der Waals surface area contributed by atoms with Crippen molar-refractivity contribution in [2.24, 2.45) is 5.92 Å². The molecule has 0 fully saturated rings. The molecule has 0 aliphatic rings. The lowest BCUT2D eigenvalue weighted by Gasteiger charge is -2.27. The lowest BCUT2D eigenvalue weighted by atomic mass is 9.90. The van der Waals surface area contributed by atoms with Gasteiger partial charge in [0.1, 0.15) is 5.54 Å². The predicted molar refractivity (Wildman–Crippen MR) is 91.5 cm³/mol. The van der Waals surface area contributed by atoms with E-state index >= 15 is 0 Å². The number of ether oxygens (including phenoxy) is 3. The molecule has 1 amide bonds. The van der Waals surface area contributed by atoms with E-state index in [2.05, 4.69) is 10.1 Å². The average molecular weight is 384 g/mol. The van der Waals surface area contributed by atoms with Crippen molar-refractivity contribution >= 4 is 11.9 Å². The first-order chi connectivity index (χ1) is 12.6. The summed E-state index contributed by atoms with van der Waals surface area (Å²) in [5, 5.41) is 11.7. The van der Waals surface area contributed by atoms with Crippen LogP contribution in [-0.4, -0.2) is 37.2 Å². The molecule has 0 aliphatic carbocycles. The summed E-state index contributed by atoms with van der Waals surface area (Å²) >= 11 is 0. The van der Waals surface area contributed by atoms with E-state index in [0.717, 1.165) is 6.07 Å². The van der Waals surface area contributed by atoms with E-state index in [-0.39, 0.29) is 29.6 Å². The first-order valence-corrected chi connectivity index (χ1v) is 8.24. The minimum Gasteiger partial charge on any atom is -0.490 e. The highest BCUT2D eigenvalue weighted by atomic mass is 19.3. The molecule has 0 aromatic heterocycles. The summed E-state index contributed by atoms with van der Waals surface area (Å²) in [5.41, 5.74) is -1.10. The highest BCUT2D eigenvalue weighted by Crippen LogP contribution is 2.30. The van der Waals surface area contributed by atoms with Crippen molar-refractivity contribution < 1.29 is 32.6 Å². The predicted octanol–water partition coefficient (Wildman–Crippen LogP) is 2.90. The summed E-state index contributed by atoms with van der Waals surface area (Å²) in [5.74, 6) is -1.91. The summed E-state index contributed by atoms with van der Waals surface area (Å²) in [6.07, 6.45) is 0. The standard InChI is InChI=1S/C18H22F2N2O5/c1-5-25-14-8-12(6-7-13(14)27-17(19)20)16(24)26-9-15(23)22-18(4,10-21)11(2)3/h6-8,11,17H,5,9H2,1-4H3,(H,22,23)/t18-/m0/s1. The Labute approximate surface area is 156 Å².